The second-order valence-electron chi connectivity index (χ2n) is 5.90. The standard InChI is InChI=1S/C14H27NO2/c1-12(2)17-11-13(16)14(7-3-4-8-14)15-9-5-6-10-15/h12-13,16H,3-11H2,1-2H3. The summed E-state index contributed by atoms with van der Waals surface area (Å²) in [6.07, 6.45) is 7.29. The van der Waals surface area contributed by atoms with Crippen LogP contribution < -0.4 is 0 Å². The van der Waals surface area contributed by atoms with Crippen molar-refractivity contribution in [3.8, 4) is 0 Å². The second-order valence-corrected chi connectivity index (χ2v) is 5.90. The van der Waals surface area contributed by atoms with Crippen molar-refractivity contribution in [1.29, 1.82) is 0 Å². The maximum Gasteiger partial charge on any atom is 0.0956 e. The van der Waals surface area contributed by atoms with E-state index >= 15 is 0 Å². The molecule has 1 unspecified atom stereocenters. The van der Waals surface area contributed by atoms with E-state index in [0.29, 0.717) is 6.61 Å². The topological polar surface area (TPSA) is 32.7 Å². The van der Waals surface area contributed by atoms with E-state index < -0.39 is 0 Å². The first kappa shape index (κ1) is 13.3. The van der Waals surface area contributed by atoms with Crippen molar-refractivity contribution in [2.24, 2.45) is 0 Å². The highest BCUT2D eigenvalue weighted by atomic mass is 16.5. The number of aliphatic hydroxyl groups is 1. The van der Waals surface area contributed by atoms with Gasteiger partial charge >= 0.3 is 0 Å². The van der Waals surface area contributed by atoms with E-state index in [9.17, 15) is 5.11 Å². The fourth-order valence-corrected chi connectivity index (χ4v) is 3.45. The van der Waals surface area contributed by atoms with Gasteiger partial charge in [0, 0.05) is 5.54 Å². The molecular weight excluding hydrogens is 214 g/mol. The number of likely N-dealkylation sites (tertiary alicyclic amines) is 1. The average molecular weight is 241 g/mol. The highest BCUT2D eigenvalue weighted by Gasteiger charge is 2.46. The molecule has 2 rings (SSSR count). The average Bonchev–Trinajstić information content (AvgIpc) is 2.95. The van der Waals surface area contributed by atoms with Crippen LogP contribution in [-0.2, 0) is 4.74 Å². The molecule has 0 radical (unpaired) electrons. The molecule has 2 fully saturated rings. The summed E-state index contributed by atoms with van der Waals surface area (Å²) in [7, 11) is 0. The van der Waals surface area contributed by atoms with Crippen LogP contribution in [0.2, 0.25) is 0 Å². The van der Waals surface area contributed by atoms with Gasteiger partial charge in [0.15, 0.2) is 0 Å². The van der Waals surface area contributed by atoms with Crippen LogP contribution in [0.4, 0.5) is 0 Å². The summed E-state index contributed by atoms with van der Waals surface area (Å²) in [4.78, 5) is 2.54. The van der Waals surface area contributed by atoms with Gasteiger partial charge < -0.3 is 9.84 Å². The Morgan fingerprint density at radius 2 is 1.71 bits per heavy atom. The lowest BCUT2D eigenvalue weighted by atomic mass is 9.88. The van der Waals surface area contributed by atoms with Gasteiger partial charge in [-0.3, -0.25) is 4.90 Å². The van der Waals surface area contributed by atoms with Crippen LogP contribution in [0.25, 0.3) is 0 Å². The van der Waals surface area contributed by atoms with Crippen molar-refractivity contribution in [3.63, 3.8) is 0 Å². The number of hydrogen-bond donors (Lipinski definition) is 1. The van der Waals surface area contributed by atoms with Crippen LogP contribution >= 0.6 is 0 Å². The molecule has 3 nitrogen and oxygen atoms in total. The van der Waals surface area contributed by atoms with Gasteiger partial charge in [0.2, 0.25) is 0 Å². The third-order valence-corrected chi connectivity index (χ3v) is 4.41. The zero-order valence-electron chi connectivity index (χ0n) is 11.3. The van der Waals surface area contributed by atoms with Gasteiger partial charge in [0.25, 0.3) is 0 Å². The van der Waals surface area contributed by atoms with Gasteiger partial charge in [0.1, 0.15) is 0 Å². The second kappa shape index (κ2) is 5.68. The van der Waals surface area contributed by atoms with E-state index in [2.05, 4.69) is 4.90 Å². The Morgan fingerprint density at radius 3 is 2.24 bits per heavy atom. The van der Waals surface area contributed by atoms with Crippen LogP contribution in [0.15, 0.2) is 0 Å². The monoisotopic (exact) mass is 241 g/mol. The maximum atomic E-state index is 10.5. The summed E-state index contributed by atoms with van der Waals surface area (Å²) in [6.45, 7) is 6.89. The molecular formula is C14H27NO2. The van der Waals surface area contributed by atoms with Gasteiger partial charge in [-0.1, -0.05) is 12.8 Å². The van der Waals surface area contributed by atoms with Gasteiger partial charge in [-0.15, -0.1) is 0 Å². The van der Waals surface area contributed by atoms with E-state index in [4.69, 9.17) is 4.74 Å². The van der Waals surface area contributed by atoms with Crippen molar-refractivity contribution in [3.05, 3.63) is 0 Å². The van der Waals surface area contributed by atoms with Crippen molar-refractivity contribution in [2.45, 2.75) is 70.1 Å². The Balaban J connectivity index is 1.99. The highest BCUT2D eigenvalue weighted by molar-refractivity contribution is 5.01. The maximum absolute atomic E-state index is 10.5. The van der Waals surface area contributed by atoms with Gasteiger partial charge in [-0.2, -0.15) is 0 Å². The molecule has 0 aromatic carbocycles. The minimum Gasteiger partial charge on any atom is -0.389 e. The van der Waals surface area contributed by atoms with Gasteiger partial charge in [-0.25, -0.2) is 0 Å². The lowest BCUT2D eigenvalue weighted by Crippen LogP contribution is -2.55. The largest absolute Gasteiger partial charge is 0.389 e. The Bertz CT molecular complexity index is 230. The van der Waals surface area contributed by atoms with E-state index in [-0.39, 0.29) is 17.7 Å². The number of nitrogens with zero attached hydrogens (tertiary/aromatic N) is 1. The zero-order chi connectivity index (χ0) is 12.3. The van der Waals surface area contributed by atoms with Gasteiger partial charge in [0.05, 0.1) is 18.8 Å². The Morgan fingerprint density at radius 1 is 1.12 bits per heavy atom. The molecule has 1 saturated heterocycles. The Hall–Kier alpha value is -0.120. The molecule has 2 aliphatic rings. The Labute approximate surface area is 105 Å². The fourth-order valence-electron chi connectivity index (χ4n) is 3.45. The molecule has 100 valence electrons. The molecule has 1 N–H and O–H groups in total. The number of hydrogen-bond acceptors (Lipinski definition) is 3. The van der Waals surface area contributed by atoms with Crippen molar-refractivity contribution >= 4 is 0 Å². The minimum absolute atomic E-state index is 0.0331. The molecule has 1 heterocycles. The van der Waals surface area contributed by atoms with Crippen LogP contribution in [0, 0.1) is 0 Å². The smallest absolute Gasteiger partial charge is 0.0956 e. The SMILES string of the molecule is CC(C)OCC(O)C1(N2CCCC2)CCCC1. The van der Waals surface area contributed by atoms with Crippen molar-refractivity contribution < 1.29 is 9.84 Å². The third kappa shape index (κ3) is 2.83. The molecule has 1 atom stereocenters. The molecule has 1 aliphatic heterocycles. The first-order chi connectivity index (χ1) is 8.15. The summed E-state index contributed by atoms with van der Waals surface area (Å²) in [5.74, 6) is 0. The van der Waals surface area contributed by atoms with Crippen LogP contribution in [0.3, 0.4) is 0 Å². The number of ether oxygens (including phenoxy) is 1. The predicted molar refractivity (Wildman–Crippen MR) is 69.1 cm³/mol. The highest BCUT2D eigenvalue weighted by Crippen LogP contribution is 2.40. The van der Waals surface area contributed by atoms with E-state index in [1.165, 1.54) is 38.8 Å². The summed E-state index contributed by atoms with van der Waals surface area (Å²) >= 11 is 0. The number of rotatable bonds is 5. The van der Waals surface area contributed by atoms with Crippen molar-refractivity contribution in [1.82, 2.24) is 4.90 Å². The van der Waals surface area contributed by atoms with Crippen molar-refractivity contribution in [2.75, 3.05) is 19.7 Å². The van der Waals surface area contributed by atoms with Gasteiger partial charge in [-0.05, 0) is 52.6 Å². The molecule has 1 aliphatic carbocycles. The quantitative estimate of drug-likeness (QED) is 0.801. The lowest BCUT2D eigenvalue weighted by Gasteiger charge is -2.42. The molecule has 0 spiro atoms. The van der Waals surface area contributed by atoms with E-state index in [1.54, 1.807) is 0 Å². The summed E-state index contributed by atoms with van der Waals surface area (Å²) in [6, 6.07) is 0. The summed E-state index contributed by atoms with van der Waals surface area (Å²) < 4.78 is 5.62. The summed E-state index contributed by atoms with van der Waals surface area (Å²) in [5.41, 5.74) is 0.0331. The lowest BCUT2D eigenvalue weighted by molar-refractivity contribution is -0.0756. The summed E-state index contributed by atoms with van der Waals surface area (Å²) in [5, 5.41) is 10.5. The number of aliphatic hydroxyl groups excluding tert-OH is 1. The van der Waals surface area contributed by atoms with E-state index in [0.717, 1.165) is 12.8 Å². The van der Waals surface area contributed by atoms with Crippen LogP contribution in [0.1, 0.15) is 52.4 Å². The molecule has 0 amide bonds. The first-order valence-corrected chi connectivity index (χ1v) is 7.20. The van der Waals surface area contributed by atoms with Crippen LogP contribution in [-0.4, -0.2) is 47.4 Å². The molecule has 0 bridgehead atoms. The fraction of sp³-hybridized carbons (Fsp3) is 1.00. The molecule has 0 aromatic heterocycles. The predicted octanol–water partition coefficient (Wildman–Crippen LogP) is 2.18. The minimum atomic E-state index is -0.314. The molecule has 0 aromatic rings. The van der Waals surface area contributed by atoms with Crippen LogP contribution in [0.5, 0.6) is 0 Å². The molecule has 1 saturated carbocycles. The Kier molecular flexibility index (Phi) is 4.45. The third-order valence-electron chi connectivity index (χ3n) is 4.41. The normalized spacial score (nSPS) is 26.8. The van der Waals surface area contributed by atoms with E-state index in [1.807, 2.05) is 13.8 Å². The molecule has 17 heavy (non-hydrogen) atoms. The molecule has 3 heteroatoms. The zero-order valence-corrected chi connectivity index (χ0v) is 11.3. The first-order valence-electron chi connectivity index (χ1n) is 7.20.